The summed E-state index contributed by atoms with van der Waals surface area (Å²) in [4.78, 5) is 31.5. The van der Waals surface area contributed by atoms with Gasteiger partial charge >= 0.3 is 5.97 Å². The Morgan fingerprint density at radius 3 is 2.39 bits per heavy atom. The highest BCUT2D eigenvalue weighted by molar-refractivity contribution is 5.84. The fourth-order valence-electron chi connectivity index (χ4n) is 4.17. The standard InChI is InChI=1S/C21H22N8O2/c1-11-18(24-17(21(30)31)25-19(11)29-13(3)22-12(2)26-29)28-9-14(10-28)20-23-15-7-5-6-8-16(15)27(20)4/h5-8,14H,9-10H2,1-4H3,(H,30,31). The summed E-state index contributed by atoms with van der Waals surface area (Å²) in [6.45, 7) is 6.88. The average Bonchev–Trinajstić information content (AvgIpc) is 3.21. The van der Waals surface area contributed by atoms with Crippen molar-refractivity contribution in [3.8, 4) is 5.82 Å². The Labute approximate surface area is 178 Å². The van der Waals surface area contributed by atoms with E-state index in [4.69, 9.17) is 4.98 Å². The van der Waals surface area contributed by atoms with Crippen molar-refractivity contribution in [2.45, 2.75) is 26.7 Å². The van der Waals surface area contributed by atoms with E-state index in [0.29, 0.717) is 36.4 Å². The maximum Gasteiger partial charge on any atom is 0.374 e. The van der Waals surface area contributed by atoms with Crippen LogP contribution in [0.15, 0.2) is 24.3 Å². The van der Waals surface area contributed by atoms with Gasteiger partial charge in [0, 0.05) is 25.7 Å². The molecule has 0 unspecified atom stereocenters. The molecule has 4 heterocycles. The number of para-hydroxylation sites is 2. The van der Waals surface area contributed by atoms with Crippen molar-refractivity contribution in [3.63, 3.8) is 0 Å². The Bertz CT molecular complexity index is 1330. The number of rotatable bonds is 4. The lowest BCUT2D eigenvalue weighted by molar-refractivity contribution is 0.0683. The molecule has 1 N–H and O–H groups in total. The third-order valence-electron chi connectivity index (χ3n) is 5.73. The minimum Gasteiger partial charge on any atom is -0.475 e. The maximum atomic E-state index is 11.7. The van der Waals surface area contributed by atoms with E-state index in [1.54, 1.807) is 11.6 Å². The van der Waals surface area contributed by atoms with Crippen LogP contribution in [0.4, 0.5) is 5.82 Å². The Kier molecular flexibility index (Phi) is 4.24. The van der Waals surface area contributed by atoms with Gasteiger partial charge in [0.05, 0.1) is 17.0 Å². The van der Waals surface area contributed by atoms with Gasteiger partial charge in [0.2, 0.25) is 5.82 Å². The number of aromatic carboxylic acids is 1. The van der Waals surface area contributed by atoms with E-state index in [1.165, 1.54) is 0 Å². The molecule has 0 bridgehead atoms. The van der Waals surface area contributed by atoms with E-state index >= 15 is 0 Å². The Balaban J connectivity index is 1.50. The predicted octanol–water partition coefficient (Wildman–Crippen LogP) is 2.17. The van der Waals surface area contributed by atoms with E-state index in [1.807, 2.05) is 39.1 Å². The molecule has 0 atom stereocenters. The highest BCUT2D eigenvalue weighted by Crippen LogP contribution is 2.34. The van der Waals surface area contributed by atoms with Crippen LogP contribution in [0.1, 0.15) is 39.6 Å². The summed E-state index contributed by atoms with van der Waals surface area (Å²) in [6, 6.07) is 8.07. The van der Waals surface area contributed by atoms with Crippen molar-refractivity contribution in [1.29, 1.82) is 0 Å². The van der Waals surface area contributed by atoms with Gasteiger partial charge in [-0.2, -0.15) is 4.68 Å². The zero-order valence-corrected chi connectivity index (χ0v) is 17.7. The van der Waals surface area contributed by atoms with Crippen LogP contribution in [-0.2, 0) is 7.05 Å². The molecule has 4 aromatic rings. The lowest BCUT2D eigenvalue weighted by atomic mass is 9.98. The number of carbonyl (C=O) groups is 1. The summed E-state index contributed by atoms with van der Waals surface area (Å²) in [5.41, 5.74) is 2.84. The van der Waals surface area contributed by atoms with Crippen molar-refractivity contribution >= 4 is 22.8 Å². The van der Waals surface area contributed by atoms with Gasteiger partial charge in [-0.1, -0.05) is 12.1 Å². The number of nitrogens with zero attached hydrogens (tertiary/aromatic N) is 8. The number of aromatic nitrogens is 7. The Hall–Kier alpha value is -3.82. The van der Waals surface area contributed by atoms with Gasteiger partial charge in [-0.25, -0.2) is 24.7 Å². The van der Waals surface area contributed by atoms with E-state index in [-0.39, 0.29) is 11.7 Å². The SMILES string of the molecule is Cc1nc(C)n(-c2nc(C(=O)O)nc(N3CC(c4nc5ccccc5n4C)C3)c2C)n1. The Morgan fingerprint density at radius 1 is 1.03 bits per heavy atom. The molecule has 0 aliphatic carbocycles. The molecule has 3 aromatic heterocycles. The van der Waals surface area contributed by atoms with Crippen LogP contribution in [0.25, 0.3) is 16.9 Å². The minimum absolute atomic E-state index is 0.235. The predicted molar refractivity (Wildman–Crippen MR) is 114 cm³/mol. The smallest absolute Gasteiger partial charge is 0.374 e. The molecule has 1 aromatic carbocycles. The van der Waals surface area contributed by atoms with Crippen LogP contribution in [0, 0.1) is 20.8 Å². The van der Waals surface area contributed by atoms with Crippen LogP contribution < -0.4 is 4.90 Å². The number of imidazole rings is 1. The van der Waals surface area contributed by atoms with Crippen LogP contribution >= 0.6 is 0 Å². The maximum absolute atomic E-state index is 11.7. The molecule has 10 nitrogen and oxygen atoms in total. The molecule has 5 rings (SSSR count). The number of fused-ring (bicyclic) bond motifs is 1. The molecule has 1 aliphatic heterocycles. The lowest BCUT2D eigenvalue weighted by Crippen LogP contribution is -2.47. The Morgan fingerprint density at radius 2 is 1.74 bits per heavy atom. The van der Waals surface area contributed by atoms with Gasteiger partial charge < -0.3 is 14.6 Å². The second kappa shape index (κ2) is 6.86. The van der Waals surface area contributed by atoms with E-state index in [0.717, 1.165) is 22.4 Å². The number of anilines is 1. The van der Waals surface area contributed by atoms with Gasteiger partial charge in [0.15, 0.2) is 5.82 Å². The molecular weight excluding hydrogens is 396 g/mol. The van der Waals surface area contributed by atoms with Gasteiger partial charge in [0.25, 0.3) is 0 Å². The second-order valence-corrected chi connectivity index (χ2v) is 7.86. The number of hydrogen-bond acceptors (Lipinski definition) is 7. The second-order valence-electron chi connectivity index (χ2n) is 7.86. The molecule has 10 heteroatoms. The molecule has 31 heavy (non-hydrogen) atoms. The number of hydrogen-bond donors (Lipinski definition) is 1. The molecule has 0 radical (unpaired) electrons. The number of carboxylic acids is 1. The van der Waals surface area contributed by atoms with Gasteiger partial charge in [-0.05, 0) is 32.9 Å². The molecule has 0 amide bonds. The molecular formula is C21H22N8O2. The monoisotopic (exact) mass is 418 g/mol. The van der Waals surface area contributed by atoms with Crippen LogP contribution in [0.3, 0.4) is 0 Å². The lowest BCUT2D eigenvalue weighted by Gasteiger charge is -2.40. The highest BCUT2D eigenvalue weighted by atomic mass is 16.4. The van der Waals surface area contributed by atoms with Crippen molar-refractivity contribution in [2.24, 2.45) is 7.05 Å². The summed E-state index contributed by atoms with van der Waals surface area (Å²) >= 11 is 0. The van der Waals surface area contributed by atoms with Crippen molar-refractivity contribution in [2.75, 3.05) is 18.0 Å². The highest BCUT2D eigenvalue weighted by Gasteiger charge is 2.35. The first-order valence-electron chi connectivity index (χ1n) is 10.0. The van der Waals surface area contributed by atoms with Gasteiger partial charge in [0.1, 0.15) is 23.3 Å². The first kappa shape index (κ1) is 19.2. The largest absolute Gasteiger partial charge is 0.475 e. The minimum atomic E-state index is -1.18. The summed E-state index contributed by atoms with van der Waals surface area (Å²) in [5.74, 6) is 2.10. The quantitative estimate of drug-likeness (QED) is 0.536. The van der Waals surface area contributed by atoms with Gasteiger partial charge in [-0.3, -0.25) is 0 Å². The van der Waals surface area contributed by atoms with Crippen LogP contribution in [0.5, 0.6) is 0 Å². The van der Waals surface area contributed by atoms with Crippen LogP contribution in [0.2, 0.25) is 0 Å². The van der Waals surface area contributed by atoms with E-state index < -0.39 is 5.97 Å². The van der Waals surface area contributed by atoms with Crippen molar-refractivity contribution in [3.05, 3.63) is 53.1 Å². The van der Waals surface area contributed by atoms with E-state index in [9.17, 15) is 9.90 Å². The third kappa shape index (κ3) is 3.02. The summed E-state index contributed by atoms with van der Waals surface area (Å²) in [7, 11) is 2.03. The molecule has 0 spiro atoms. The summed E-state index contributed by atoms with van der Waals surface area (Å²) < 4.78 is 3.70. The molecule has 1 fully saturated rings. The summed E-state index contributed by atoms with van der Waals surface area (Å²) in [6.07, 6.45) is 0. The zero-order valence-electron chi connectivity index (χ0n) is 17.7. The van der Waals surface area contributed by atoms with Gasteiger partial charge in [-0.15, -0.1) is 5.10 Å². The molecule has 1 aliphatic rings. The van der Waals surface area contributed by atoms with E-state index in [2.05, 4.69) is 35.6 Å². The molecule has 1 saturated heterocycles. The van der Waals surface area contributed by atoms with Crippen molar-refractivity contribution < 1.29 is 9.90 Å². The third-order valence-corrected chi connectivity index (χ3v) is 5.73. The molecule has 158 valence electrons. The zero-order chi connectivity index (χ0) is 21.9. The first-order chi connectivity index (χ1) is 14.8. The molecule has 0 saturated carbocycles. The normalized spacial score (nSPS) is 14.3. The van der Waals surface area contributed by atoms with Crippen molar-refractivity contribution in [1.82, 2.24) is 34.3 Å². The average molecular weight is 418 g/mol. The topological polar surface area (TPSA) is 115 Å². The number of carboxylic acid groups (broad SMARTS) is 1. The first-order valence-corrected chi connectivity index (χ1v) is 10.0. The number of benzene rings is 1. The fraction of sp³-hybridized carbons (Fsp3) is 0.333. The fourth-order valence-corrected chi connectivity index (χ4v) is 4.17. The van der Waals surface area contributed by atoms with Crippen LogP contribution in [-0.4, -0.2) is 58.4 Å². The summed E-state index contributed by atoms with van der Waals surface area (Å²) in [5, 5.41) is 13.9. The number of aryl methyl sites for hydroxylation is 3.